The van der Waals surface area contributed by atoms with Crippen molar-refractivity contribution in [2.75, 3.05) is 33.4 Å². The monoisotopic (exact) mass is 279 g/mol. The predicted molar refractivity (Wildman–Crippen MR) is 76.0 cm³/mol. The number of Topliss-reactive ketones (excluding diaryl/α,β-unsaturated/α-hetero) is 1. The molecule has 0 aromatic heterocycles. The Bertz CT molecular complexity index is 419. The maximum absolute atomic E-state index is 12.1. The lowest BCUT2D eigenvalue weighted by Crippen LogP contribution is -2.33. The molecule has 0 saturated carbocycles. The van der Waals surface area contributed by atoms with Crippen LogP contribution in [0.2, 0.25) is 0 Å². The quantitative estimate of drug-likeness (QED) is 0.521. The lowest BCUT2D eigenvalue weighted by Gasteiger charge is -2.20. The molecule has 1 aromatic carbocycles. The van der Waals surface area contributed by atoms with Gasteiger partial charge >= 0.3 is 5.97 Å². The van der Waals surface area contributed by atoms with E-state index in [9.17, 15) is 9.59 Å². The second-order valence-corrected chi connectivity index (χ2v) is 4.56. The molecule has 1 aromatic rings. The van der Waals surface area contributed by atoms with Crippen molar-refractivity contribution in [2.24, 2.45) is 0 Å². The van der Waals surface area contributed by atoms with Gasteiger partial charge in [-0.25, -0.2) is 0 Å². The third-order valence-electron chi connectivity index (χ3n) is 2.93. The minimum Gasteiger partial charge on any atom is -0.481 e. The molecule has 0 unspecified atom stereocenters. The number of carboxylic acid groups (broad SMARTS) is 1. The van der Waals surface area contributed by atoms with Gasteiger partial charge in [-0.1, -0.05) is 30.3 Å². The van der Waals surface area contributed by atoms with Crippen molar-refractivity contribution in [2.45, 2.75) is 12.8 Å². The average Bonchev–Trinajstić information content (AvgIpc) is 2.45. The SMILES string of the molecule is COCCCN(CCC(=O)O)CC(=O)c1ccccc1. The van der Waals surface area contributed by atoms with E-state index in [0.717, 1.165) is 6.42 Å². The molecule has 0 aliphatic rings. The van der Waals surface area contributed by atoms with Crippen molar-refractivity contribution >= 4 is 11.8 Å². The van der Waals surface area contributed by atoms with Crippen molar-refractivity contribution < 1.29 is 19.4 Å². The molecule has 110 valence electrons. The first-order valence-corrected chi connectivity index (χ1v) is 6.65. The number of methoxy groups -OCH3 is 1. The molecule has 0 radical (unpaired) electrons. The van der Waals surface area contributed by atoms with E-state index in [1.807, 2.05) is 23.1 Å². The van der Waals surface area contributed by atoms with Crippen LogP contribution in [0.3, 0.4) is 0 Å². The van der Waals surface area contributed by atoms with Gasteiger partial charge in [0.2, 0.25) is 0 Å². The van der Waals surface area contributed by atoms with E-state index in [0.29, 0.717) is 25.3 Å². The largest absolute Gasteiger partial charge is 0.481 e. The zero-order valence-corrected chi connectivity index (χ0v) is 11.7. The van der Waals surface area contributed by atoms with Gasteiger partial charge in [-0.05, 0) is 6.42 Å². The molecule has 0 aliphatic carbocycles. The molecule has 1 rings (SSSR count). The third kappa shape index (κ3) is 6.45. The van der Waals surface area contributed by atoms with Crippen LogP contribution in [0.15, 0.2) is 30.3 Å². The van der Waals surface area contributed by atoms with Crippen molar-refractivity contribution in [1.29, 1.82) is 0 Å². The fraction of sp³-hybridized carbons (Fsp3) is 0.467. The number of carboxylic acids is 1. The molecule has 0 aliphatic heterocycles. The van der Waals surface area contributed by atoms with E-state index in [2.05, 4.69) is 0 Å². The molecule has 0 fully saturated rings. The van der Waals surface area contributed by atoms with Crippen LogP contribution in [0.25, 0.3) is 0 Å². The third-order valence-corrected chi connectivity index (χ3v) is 2.93. The Labute approximate surface area is 119 Å². The molecule has 20 heavy (non-hydrogen) atoms. The van der Waals surface area contributed by atoms with Crippen LogP contribution in [0, 0.1) is 0 Å². The summed E-state index contributed by atoms with van der Waals surface area (Å²) in [4.78, 5) is 24.6. The maximum atomic E-state index is 12.1. The van der Waals surface area contributed by atoms with Crippen molar-refractivity contribution in [3.8, 4) is 0 Å². The first kappa shape index (κ1) is 16.3. The highest BCUT2D eigenvalue weighted by Crippen LogP contribution is 2.03. The maximum Gasteiger partial charge on any atom is 0.304 e. The fourth-order valence-electron chi connectivity index (χ4n) is 1.87. The van der Waals surface area contributed by atoms with Gasteiger partial charge in [0.15, 0.2) is 5.78 Å². The zero-order chi connectivity index (χ0) is 14.8. The van der Waals surface area contributed by atoms with E-state index < -0.39 is 5.97 Å². The van der Waals surface area contributed by atoms with E-state index in [1.165, 1.54) is 0 Å². The Morgan fingerprint density at radius 2 is 1.90 bits per heavy atom. The molecule has 0 saturated heterocycles. The molecule has 5 nitrogen and oxygen atoms in total. The predicted octanol–water partition coefficient (Wildman–Crippen LogP) is 1.68. The number of benzene rings is 1. The Balaban J connectivity index is 2.53. The number of rotatable bonds is 10. The van der Waals surface area contributed by atoms with Crippen LogP contribution in [0.5, 0.6) is 0 Å². The van der Waals surface area contributed by atoms with Crippen LogP contribution in [0.1, 0.15) is 23.2 Å². The van der Waals surface area contributed by atoms with Crippen LogP contribution in [-0.4, -0.2) is 55.1 Å². The first-order chi connectivity index (χ1) is 9.63. The molecule has 0 heterocycles. The Morgan fingerprint density at radius 1 is 1.20 bits per heavy atom. The molecule has 0 amide bonds. The number of nitrogens with zero attached hydrogens (tertiary/aromatic N) is 1. The van der Waals surface area contributed by atoms with Gasteiger partial charge in [-0.2, -0.15) is 0 Å². The molecule has 5 heteroatoms. The first-order valence-electron chi connectivity index (χ1n) is 6.65. The van der Waals surface area contributed by atoms with E-state index in [4.69, 9.17) is 9.84 Å². The fourth-order valence-corrected chi connectivity index (χ4v) is 1.87. The van der Waals surface area contributed by atoms with Gasteiger partial charge in [0.1, 0.15) is 0 Å². The summed E-state index contributed by atoms with van der Waals surface area (Å²) in [5.74, 6) is -0.845. The standard InChI is InChI=1S/C15H21NO4/c1-20-11-5-9-16(10-8-15(18)19)12-14(17)13-6-3-2-4-7-13/h2-4,6-7H,5,8-12H2,1H3,(H,18,19). The van der Waals surface area contributed by atoms with E-state index >= 15 is 0 Å². The molecule has 1 N–H and O–H groups in total. The number of carbonyl (C=O) groups is 2. The number of aliphatic carboxylic acids is 1. The Kier molecular flexibility index (Phi) is 7.54. The number of hydrogen-bond acceptors (Lipinski definition) is 4. The second kappa shape index (κ2) is 9.23. The molecule has 0 bridgehead atoms. The zero-order valence-electron chi connectivity index (χ0n) is 11.7. The van der Waals surface area contributed by atoms with Gasteiger partial charge in [0, 0.05) is 32.4 Å². The highest BCUT2D eigenvalue weighted by atomic mass is 16.5. The minimum atomic E-state index is -0.853. The number of carbonyl (C=O) groups excluding carboxylic acids is 1. The van der Waals surface area contributed by atoms with Crippen LogP contribution in [-0.2, 0) is 9.53 Å². The molecular weight excluding hydrogens is 258 g/mol. The smallest absolute Gasteiger partial charge is 0.304 e. The van der Waals surface area contributed by atoms with Crippen molar-refractivity contribution in [3.05, 3.63) is 35.9 Å². The van der Waals surface area contributed by atoms with Gasteiger partial charge in [-0.15, -0.1) is 0 Å². The van der Waals surface area contributed by atoms with Crippen LogP contribution >= 0.6 is 0 Å². The number of ketones is 1. The molecular formula is C15H21NO4. The summed E-state index contributed by atoms with van der Waals surface area (Å²) in [6.07, 6.45) is 0.813. The lowest BCUT2D eigenvalue weighted by molar-refractivity contribution is -0.137. The highest BCUT2D eigenvalue weighted by molar-refractivity contribution is 5.97. The topological polar surface area (TPSA) is 66.8 Å². The van der Waals surface area contributed by atoms with Gasteiger partial charge < -0.3 is 9.84 Å². The molecule has 0 spiro atoms. The summed E-state index contributed by atoms with van der Waals surface area (Å²) < 4.78 is 4.98. The Morgan fingerprint density at radius 3 is 2.50 bits per heavy atom. The summed E-state index contributed by atoms with van der Waals surface area (Å²) in [7, 11) is 1.62. The van der Waals surface area contributed by atoms with Crippen molar-refractivity contribution in [1.82, 2.24) is 4.90 Å². The van der Waals surface area contributed by atoms with Crippen LogP contribution < -0.4 is 0 Å². The van der Waals surface area contributed by atoms with Gasteiger partial charge in [0.05, 0.1) is 13.0 Å². The summed E-state index contributed by atoms with van der Waals surface area (Å²) >= 11 is 0. The molecule has 0 atom stereocenters. The summed E-state index contributed by atoms with van der Waals surface area (Å²) in [6.45, 7) is 1.86. The van der Waals surface area contributed by atoms with Crippen molar-refractivity contribution in [3.63, 3.8) is 0 Å². The van der Waals surface area contributed by atoms with Gasteiger partial charge in [-0.3, -0.25) is 14.5 Å². The van der Waals surface area contributed by atoms with E-state index in [-0.39, 0.29) is 18.7 Å². The highest BCUT2D eigenvalue weighted by Gasteiger charge is 2.13. The minimum absolute atomic E-state index is 0.00778. The van der Waals surface area contributed by atoms with Crippen LogP contribution in [0.4, 0.5) is 0 Å². The Hall–Kier alpha value is -1.72. The average molecular weight is 279 g/mol. The number of hydrogen-bond donors (Lipinski definition) is 1. The normalized spacial score (nSPS) is 10.7. The summed E-state index contributed by atoms with van der Waals surface area (Å²) in [5.41, 5.74) is 0.652. The summed E-state index contributed by atoms with van der Waals surface area (Å²) in [6, 6.07) is 9.04. The second-order valence-electron chi connectivity index (χ2n) is 4.56. The van der Waals surface area contributed by atoms with Gasteiger partial charge in [0.25, 0.3) is 0 Å². The number of ether oxygens (including phenoxy) is 1. The summed E-state index contributed by atoms with van der Waals surface area (Å²) in [5, 5.41) is 8.75. The lowest BCUT2D eigenvalue weighted by atomic mass is 10.1. The van der Waals surface area contributed by atoms with E-state index in [1.54, 1.807) is 19.2 Å².